The lowest BCUT2D eigenvalue weighted by Gasteiger charge is -2.67. The molecule has 7 aliphatic carbocycles. The quantitative estimate of drug-likeness (QED) is 0.0479. The van der Waals surface area contributed by atoms with Gasteiger partial charge in [-0.3, -0.25) is 33.6 Å². The van der Waals surface area contributed by atoms with Crippen molar-refractivity contribution in [2.75, 3.05) is 16.0 Å². The fourth-order valence-electron chi connectivity index (χ4n) is 15.9. The van der Waals surface area contributed by atoms with Gasteiger partial charge in [-0.25, -0.2) is 14.4 Å². The molecule has 480 valence electrons. The Balaban J connectivity index is 0.839. The van der Waals surface area contributed by atoms with Crippen molar-refractivity contribution < 1.29 is 82.6 Å². The SMILES string of the molecule is O=C(O)c1cc(NC(=O)C23CC4(C(=O)O)CC(C(=O)Nc5ccc(-c6c7ccc(=O)cc-7oc7cc(O)ccc67)c(C(=O)O)c5)(C2)CC(C(=O)Nc2ccc(-c5c6ccc(=O)cc-6oc6cc(O)ccc56)c(C(=O)O)c2)(C4)C3)ccc1-c1c2ccc(=O)cc-2oc2cc(O)ccc12. The molecule has 3 heterocycles. The summed E-state index contributed by atoms with van der Waals surface area (Å²) in [4.78, 5) is 140. The van der Waals surface area contributed by atoms with Crippen molar-refractivity contribution in [1.29, 1.82) is 0 Å². The number of hydrogen-bond acceptors (Lipinski definition) is 16. The maximum absolute atomic E-state index is 15.8. The Kier molecular flexibility index (Phi) is 13.4. The Labute approximate surface area is 543 Å². The molecule has 0 unspecified atom stereocenters. The van der Waals surface area contributed by atoms with Gasteiger partial charge in [-0.05, 0) is 164 Å². The van der Waals surface area contributed by atoms with E-state index < -0.39 is 118 Å². The number of anilines is 3. The summed E-state index contributed by atoms with van der Waals surface area (Å²) >= 11 is 0. The fraction of sp³-hybridized carbons (Fsp3) is 0.135. The standard InChI is InChI=1S/C74H49N3O20/c78-37-4-13-46-55(22-37)95-56-23-38(79)5-14-47(56)61(46)43-10-1-34(19-52(43)64(84)85)75-67(90)71-28-72(68(91)76-35-2-11-44(53(20-35)65(86)87)62-48-15-6-39(80)24-57(48)96-58-25-40(81)7-16-49(58)62)30-73(29-71,33-74(31-71,32-72)70(93)94)69(92)77-36-3-12-45(54(21-36)66(88)89)63-50-17-8-41(82)26-59(50)97-60-27-42(83)9-18-51(60)63/h1-27,78,80,82H,28-33H2,(H,75,90)(H,76,91)(H,77,92)(H,84,85)(H,86,87)(H,88,89)(H,93,94). The van der Waals surface area contributed by atoms with E-state index in [4.69, 9.17) is 13.3 Å². The number of carboxylic acids is 4. The summed E-state index contributed by atoms with van der Waals surface area (Å²) in [6, 6.07) is 36.3. The van der Waals surface area contributed by atoms with E-state index in [1.807, 2.05) is 0 Å². The largest absolute Gasteiger partial charge is 0.508 e. The molecule has 0 atom stereocenters. The average molecular weight is 1300 g/mol. The summed E-state index contributed by atoms with van der Waals surface area (Å²) in [5, 5.41) is 85.1. The van der Waals surface area contributed by atoms with Crippen molar-refractivity contribution >= 4 is 91.6 Å². The number of carbonyl (C=O) groups is 7. The first-order chi connectivity index (χ1) is 46.3. The van der Waals surface area contributed by atoms with Gasteiger partial charge in [-0.2, -0.15) is 0 Å². The van der Waals surface area contributed by atoms with Crippen molar-refractivity contribution in [2.24, 2.45) is 21.7 Å². The number of aliphatic carboxylic acids is 1. The zero-order valence-corrected chi connectivity index (χ0v) is 50.3. The lowest BCUT2D eigenvalue weighted by molar-refractivity contribution is -0.209. The molecule has 0 radical (unpaired) electrons. The van der Waals surface area contributed by atoms with Gasteiger partial charge < -0.3 is 64.9 Å². The molecule has 3 amide bonds. The first kappa shape index (κ1) is 60.3. The molecule has 0 aromatic heterocycles. The zero-order valence-electron chi connectivity index (χ0n) is 50.3. The van der Waals surface area contributed by atoms with Crippen LogP contribution in [0.15, 0.2) is 191 Å². The molecule has 16 rings (SSSR count). The van der Waals surface area contributed by atoms with Gasteiger partial charge in [-0.1, -0.05) is 18.2 Å². The summed E-state index contributed by atoms with van der Waals surface area (Å²) < 4.78 is 18.0. The first-order valence-corrected chi connectivity index (χ1v) is 30.2. The molecule has 3 aliphatic heterocycles. The number of aromatic carboxylic acids is 3. The number of aromatic hydroxyl groups is 3. The Bertz CT molecular complexity index is 5100. The minimum absolute atomic E-state index is 0.0715. The molecule has 4 fully saturated rings. The monoisotopic (exact) mass is 1300 g/mol. The third-order valence-corrected chi connectivity index (χ3v) is 19.3. The van der Waals surface area contributed by atoms with E-state index in [1.165, 1.54) is 164 Å². The molecule has 4 saturated carbocycles. The minimum atomic E-state index is -2.03. The second kappa shape index (κ2) is 21.6. The predicted octanol–water partition coefficient (Wildman–Crippen LogP) is 12.2. The van der Waals surface area contributed by atoms with Gasteiger partial charge in [0.1, 0.15) is 51.3 Å². The summed E-state index contributed by atoms with van der Waals surface area (Å²) in [5.41, 5.74) is -8.01. The number of benzene rings is 9. The Hall–Kier alpha value is -12.9. The summed E-state index contributed by atoms with van der Waals surface area (Å²) in [7, 11) is 0. The van der Waals surface area contributed by atoms with Gasteiger partial charge in [0.15, 0.2) is 16.3 Å². The summed E-state index contributed by atoms with van der Waals surface area (Å²) in [6.07, 6.45) is -2.49. The number of rotatable bonds is 13. The van der Waals surface area contributed by atoms with Crippen LogP contribution in [0.25, 0.3) is 100 Å². The summed E-state index contributed by atoms with van der Waals surface area (Å²) in [5.74, 6) is -8.87. The van der Waals surface area contributed by atoms with E-state index in [2.05, 4.69) is 16.0 Å². The fourth-order valence-corrected chi connectivity index (χ4v) is 15.9. The lowest BCUT2D eigenvalue weighted by atomic mass is 9.34. The van der Waals surface area contributed by atoms with Gasteiger partial charge >= 0.3 is 23.9 Å². The van der Waals surface area contributed by atoms with Crippen LogP contribution in [0.5, 0.6) is 17.2 Å². The molecule has 23 nitrogen and oxygen atoms in total. The topological polar surface area (TPSA) is 388 Å². The molecule has 6 aromatic rings. The van der Waals surface area contributed by atoms with E-state index in [-0.39, 0.29) is 102 Å². The number of amides is 3. The predicted molar refractivity (Wildman–Crippen MR) is 350 cm³/mol. The second-order valence-electron chi connectivity index (χ2n) is 25.5. The maximum atomic E-state index is 15.8. The molecule has 4 bridgehead atoms. The van der Waals surface area contributed by atoms with Gasteiger partial charge in [0.05, 0.1) is 38.4 Å². The maximum Gasteiger partial charge on any atom is 0.336 e. The number of phenolic OH excluding ortho intramolecular Hbond substituents is 3. The van der Waals surface area contributed by atoms with Crippen LogP contribution in [0.1, 0.15) is 69.6 Å². The number of carbonyl (C=O) groups excluding carboxylic acids is 3. The van der Waals surface area contributed by atoms with E-state index in [0.29, 0.717) is 49.5 Å². The zero-order chi connectivity index (χ0) is 67.9. The van der Waals surface area contributed by atoms with Crippen LogP contribution in [0.2, 0.25) is 0 Å². The van der Waals surface area contributed by atoms with Gasteiger partial charge in [-0.15, -0.1) is 0 Å². The van der Waals surface area contributed by atoms with Gasteiger partial charge in [0.2, 0.25) is 17.7 Å². The van der Waals surface area contributed by atoms with Crippen molar-refractivity contribution in [3.8, 4) is 84.6 Å². The number of phenols is 3. The van der Waals surface area contributed by atoms with Crippen molar-refractivity contribution in [2.45, 2.75) is 38.5 Å². The molecule has 10 N–H and O–H groups in total. The van der Waals surface area contributed by atoms with E-state index >= 15 is 14.4 Å². The van der Waals surface area contributed by atoms with E-state index in [9.17, 15) is 69.3 Å². The van der Waals surface area contributed by atoms with Crippen molar-refractivity contribution in [1.82, 2.24) is 0 Å². The molecule has 97 heavy (non-hydrogen) atoms. The number of hydrogen-bond donors (Lipinski definition) is 10. The molecular weight excluding hydrogens is 1250 g/mol. The molecule has 23 heteroatoms. The highest BCUT2D eigenvalue weighted by atomic mass is 16.4. The second-order valence-corrected chi connectivity index (χ2v) is 25.5. The number of fused-ring (bicyclic) bond motifs is 6. The third kappa shape index (κ3) is 9.80. The number of carboxylic acid groups (broad SMARTS) is 4. The Morgan fingerprint density at radius 3 is 0.856 bits per heavy atom. The first-order valence-electron chi connectivity index (χ1n) is 30.2. The van der Waals surface area contributed by atoms with E-state index in [0.717, 1.165) is 0 Å². The van der Waals surface area contributed by atoms with Crippen LogP contribution in [0.4, 0.5) is 17.1 Å². The normalized spacial score (nSPS) is 19.3. The minimum Gasteiger partial charge on any atom is -0.508 e. The Morgan fingerprint density at radius 2 is 0.588 bits per heavy atom. The van der Waals surface area contributed by atoms with Crippen LogP contribution in [0, 0.1) is 21.7 Å². The molecule has 6 aromatic carbocycles. The number of nitrogens with one attached hydrogen (secondary N) is 3. The van der Waals surface area contributed by atoms with Crippen LogP contribution in [-0.2, 0) is 19.2 Å². The lowest BCUT2D eigenvalue weighted by Crippen LogP contribution is -2.70. The molecular formula is C74H49N3O20. The van der Waals surface area contributed by atoms with Crippen molar-refractivity contribution in [3.63, 3.8) is 0 Å². The molecule has 10 aliphatic rings. The molecule has 0 saturated heterocycles. The average Bonchev–Trinajstić information content (AvgIpc) is 0.671. The smallest absolute Gasteiger partial charge is 0.336 e. The highest BCUT2D eigenvalue weighted by Gasteiger charge is 2.76. The van der Waals surface area contributed by atoms with Crippen LogP contribution >= 0.6 is 0 Å². The highest BCUT2D eigenvalue weighted by molar-refractivity contribution is 6.13. The highest BCUT2D eigenvalue weighted by Crippen LogP contribution is 2.74. The van der Waals surface area contributed by atoms with Crippen molar-refractivity contribution in [3.05, 3.63) is 211 Å². The van der Waals surface area contributed by atoms with Crippen LogP contribution in [-0.4, -0.2) is 77.3 Å². The van der Waals surface area contributed by atoms with Crippen LogP contribution in [0.3, 0.4) is 0 Å². The van der Waals surface area contributed by atoms with Gasteiger partial charge in [0, 0.05) is 103 Å². The summed E-state index contributed by atoms with van der Waals surface area (Å²) in [6.45, 7) is 0. The Morgan fingerprint density at radius 1 is 0.320 bits per heavy atom. The molecule has 0 spiro atoms. The third-order valence-electron chi connectivity index (χ3n) is 19.3. The van der Waals surface area contributed by atoms with Gasteiger partial charge in [0.25, 0.3) is 0 Å². The van der Waals surface area contributed by atoms with Crippen LogP contribution < -0.4 is 32.2 Å². The van der Waals surface area contributed by atoms with E-state index in [1.54, 1.807) is 0 Å².